The third kappa shape index (κ3) is 13.0. The zero-order valence-electron chi connectivity index (χ0n) is 10.5. The summed E-state index contributed by atoms with van der Waals surface area (Å²) in [4.78, 5) is 12.1. The molecule has 0 aromatic heterocycles. The first-order valence-electron chi connectivity index (χ1n) is 4.58. The van der Waals surface area contributed by atoms with Crippen molar-refractivity contribution in [1.82, 2.24) is 4.90 Å². The van der Waals surface area contributed by atoms with E-state index in [0.29, 0.717) is 6.42 Å². The first-order valence-corrected chi connectivity index (χ1v) is 5.91. The lowest BCUT2D eigenvalue weighted by Crippen LogP contribution is -2.15. The SMILES string of the molecule is C=C(CCN(C)C)C(=O)O.COS(=O)(=O)OC. The van der Waals surface area contributed by atoms with Crippen LogP contribution in [0.1, 0.15) is 6.42 Å². The van der Waals surface area contributed by atoms with Crippen LogP contribution < -0.4 is 0 Å². The number of carboxylic acids is 1. The topological polar surface area (TPSA) is 93.1 Å². The normalized spacial score (nSPS) is 10.6. The van der Waals surface area contributed by atoms with Gasteiger partial charge in [0.05, 0.1) is 14.2 Å². The molecule has 0 aromatic carbocycles. The van der Waals surface area contributed by atoms with Crippen molar-refractivity contribution >= 4 is 16.4 Å². The Morgan fingerprint density at radius 1 is 1.29 bits per heavy atom. The van der Waals surface area contributed by atoms with E-state index in [1.807, 2.05) is 19.0 Å². The Balaban J connectivity index is 0. The molecule has 0 aliphatic heterocycles. The second-order valence-corrected chi connectivity index (χ2v) is 4.69. The molecule has 102 valence electrons. The summed E-state index contributed by atoms with van der Waals surface area (Å²) in [6.07, 6.45) is 0.530. The number of aliphatic carboxylic acids is 1. The molecule has 8 heteroatoms. The van der Waals surface area contributed by atoms with Gasteiger partial charge in [0, 0.05) is 12.1 Å². The number of carboxylic acid groups (broad SMARTS) is 1. The van der Waals surface area contributed by atoms with Crippen molar-refractivity contribution in [2.75, 3.05) is 34.9 Å². The maximum Gasteiger partial charge on any atom is 0.399 e. The van der Waals surface area contributed by atoms with Crippen LogP contribution in [0.2, 0.25) is 0 Å². The fourth-order valence-corrected chi connectivity index (χ4v) is 0.670. The van der Waals surface area contributed by atoms with Crippen LogP contribution in [0.25, 0.3) is 0 Å². The third-order valence-corrected chi connectivity index (χ3v) is 2.39. The van der Waals surface area contributed by atoms with Crippen molar-refractivity contribution in [3.63, 3.8) is 0 Å². The molecule has 0 radical (unpaired) electrons. The summed E-state index contributed by atoms with van der Waals surface area (Å²) in [6, 6.07) is 0. The molecular weight excluding hydrogens is 250 g/mol. The molecule has 0 rings (SSSR count). The predicted molar refractivity (Wildman–Crippen MR) is 62.9 cm³/mol. The van der Waals surface area contributed by atoms with Crippen LogP contribution in [0.4, 0.5) is 0 Å². The van der Waals surface area contributed by atoms with Gasteiger partial charge in [0.25, 0.3) is 0 Å². The molecule has 0 bridgehead atoms. The van der Waals surface area contributed by atoms with E-state index in [1.165, 1.54) is 0 Å². The third-order valence-electron chi connectivity index (χ3n) is 1.57. The van der Waals surface area contributed by atoms with Crippen molar-refractivity contribution < 1.29 is 26.7 Å². The van der Waals surface area contributed by atoms with E-state index in [0.717, 1.165) is 20.8 Å². The molecule has 0 atom stereocenters. The zero-order valence-corrected chi connectivity index (χ0v) is 11.3. The number of rotatable bonds is 6. The van der Waals surface area contributed by atoms with Gasteiger partial charge in [-0.05, 0) is 20.5 Å². The standard InChI is InChI=1S/C7H13NO2.C2H6O4S/c1-6(7(9)10)4-5-8(2)3;1-5-7(3,4)6-2/h1,4-5H2,2-3H3,(H,9,10);1-2H3. The maximum atomic E-state index is 10.2. The zero-order chi connectivity index (χ0) is 14.1. The number of hydrogen-bond donors (Lipinski definition) is 1. The molecule has 0 unspecified atom stereocenters. The van der Waals surface area contributed by atoms with Crippen LogP contribution in [0.15, 0.2) is 12.2 Å². The Hall–Kier alpha value is -0.960. The number of hydrogen-bond acceptors (Lipinski definition) is 6. The van der Waals surface area contributed by atoms with Crippen molar-refractivity contribution in [3.8, 4) is 0 Å². The van der Waals surface area contributed by atoms with Gasteiger partial charge in [-0.3, -0.25) is 8.37 Å². The highest BCUT2D eigenvalue weighted by Gasteiger charge is 2.02. The predicted octanol–water partition coefficient (Wildman–Crippen LogP) is 0.103. The molecule has 0 heterocycles. The van der Waals surface area contributed by atoms with E-state index in [1.54, 1.807) is 0 Å². The Bertz CT molecular complexity index is 325. The molecule has 7 nitrogen and oxygen atoms in total. The number of carbonyl (C=O) groups is 1. The van der Waals surface area contributed by atoms with Crippen LogP contribution in [-0.4, -0.2) is 59.3 Å². The average molecular weight is 269 g/mol. The smallest absolute Gasteiger partial charge is 0.399 e. The molecule has 0 saturated heterocycles. The first kappa shape index (κ1) is 18.4. The molecule has 0 aromatic rings. The molecular formula is C9H19NO6S. The summed E-state index contributed by atoms with van der Waals surface area (Å²) in [5.74, 6) is -0.901. The second-order valence-electron chi connectivity index (χ2n) is 3.20. The van der Waals surface area contributed by atoms with Gasteiger partial charge < -0.3 is 10.0 Å². The summed E-state index contributed by atoms with van der Waals surface area (Å²) in [7, 11) is 2.19. The molecule has 0 aliphatic carbocycles. The van der Waals surface area contributed by atoms with E-state index in [-0.39, 0.29) is 5.57 Å². The quantitative estimate of drug-likeness (QED) is 0.684. The van der Waals surface area contributed by atoms with E-state index >= 15 is 0 Å². The van der Waals surface area contributed by atoms with Gasteiger partial charge in [-0.2, -0.15) is 8.42 Å². The van der Waals surface area contributed by atoms with Crippen LogP contribution >= 0.6 is 0 Å². The fourth-order valence-electron chi connectivity index (χ4n) is 0.534. The van der Waals surface area contributed by atoms with Gasteiger partial charge in [0.15, 0.2) is 0 Å². The van der Waals surface area contributed by atoms with Crippen LogP contribution in [0.3, 0.4) is 0 Å². The van der Waals surface area contributed by atoms with E-state index in [2.05, 4.69) is 14.9 Å². The molecule has 0 spiro atoms. The van der Waals surface area contributed by atoms with E-state index in [4.69, 9.17) is 5.11 Å². The van der Waals surface area contributed by atoms with Gasteiger partial charge in [0.1, 0.15) is 0 Å². The van der Waals surface area contributed by atoms with Crippen LogP contribution in [0, 0.1) is 0 Å². The molecule has 0 amide bonds. The highest BCUT2D eigenvalue weighted by atomic mass is 32.3. The molecule has 17 heavy (non-hydrogen) atoms. The van der Waals surface area contributed by atoms with Gasteiger partial charge in [-0.25, -0.2) is 4.79 Å². The van der Waals surface area contributed by atoms with Gasteiger partial charge in [-0.15, -0.1) is 0 Å². The maximum absolute atomic E-state index is 10.2. The van der Waals surface area contributed by atoms with E-state index in [9.17, 15) is 13.2 Å². The summed E-state index contributed by atoms with van der Waals surface area (Å²) < 4.78 is 27.5. The highest BCUT2D eigenvalue weighted by Crippen LogP contribution is 1.97. The molecule has 0 saturated carbocycles. The first-order chi connectivity index (χ1) is 7.66. The Labute approximate surface area is 102 Å². The van der Waals surface area contributed by atoms with Gasteiger partial charge >= 0.3 is 16.4 Å². The van der Waals surface area contributed by atoms with Crippen LogP contribution in [0.5, 0.6) is 0 Å². The monoisotopic (exact) mass is 269 g/mol. The van der Waals surface area contributed by atoms with Crippen molar-refractivity contribution in [2.24, 2.45) is 0 Å². The summed E-state index contributed by atoms with van der Waals surface area (Å²) >= 11 is 0. The molecule has 0 fully saturated rings. The lowest BCUT2D eigenvalue weighted by molar-refractivity contribution is -0.132. The average Bonchev–Trinajstić information content (AvgIpc) is 2.26. The largest absolute Gasteiger partial charge is 0.478 e. The fraction of sp³-hybridized carbons (Fsp3) is 0.667. The lowest BCUT2D eigenvalue weighted by atomic mass is 10.2. The minimum Gasteiger partial charge on any atom is -0.478 e. The Morgan fingerprint density at radius 3 is 1.88 bits per heavy atom. The highest BCUT2D eigenvalue weighted by molar-refractivity contribution is 7.81. The summed E-state index contributed by atoms with van der Waals surface area (Å²) in [5.41, 5.74) is 0.272. The van der Waals surface area contributed by atoms with Crippen LogP contribution in [-0.2, 0) is 23.6 Å². The summed E-state index contributed by atoms with van der Waals surface area (Å²) in [5, 5.41) is 8.38. The summed E-state index contributed by atoms with van der Waals surface area (Å²) in [6.45, 7) is 4.14. The second kappa shape index (κ2) is 9.11. The Morgan fingerprint density at radius 2 is 1.71 bits per heavy atom. The number of nitrogens with zero attached hydrogens (tertiary/aromatic N) is 1. The lowest BCUT2D eigenvalue weighted by Gasteiger charge is -2.07. The van der Waals surface area contributed by atoms with Crippen molar-refractivity contribution in [2.45, 2.75) is 6.42 Å². The minimum atomic E-state index is -3.66. The van der Waals surface area contributed by atoms with Gasteiger partial charge in [-0.1, -0.05) is 6.58 Å². The molecule has 1 N–H and O–H groups in total. The minimum absolute atomic E-state index is 0.272. The molecule has 0 aliphatic rings. The van der Waals surface area contributed by atoms with Gasteiger partial charge in [0.2, 0.25) is 0 Å². The van der Waals surface area contributed by atoms with Crippen molar-refractivity contribution in [1.29, 1.82) is 0 Å². The van der Waals surface area contributed by atoms with E-state index < -0.39 is 16.4 Å². The Kier molecular flexibility index (Phi) is 9.86. The van der Waals surface area contributed by atoms with Crippen molar-refractivity contribution in [3.05, 3.63) is 12.2 Å².